The molecule has 1 heterocycles. The molecule has 1 fully saturated rings. The first-order valence-corrected chi connectivity index (χ1v) is 8.68. The number of rotatable bonds is 6. The molecule has 1 amide bonds. The van der Waals surface area contributed by atoms with Gasteiger partial charge in [-0.3, -0.25) is 0 Å². The van der Waals surface area contributed by atoms with E-state index in [1.54, 1.807) is 6.07 Å². The molecule has 8 heteroatoms. The zero-order valence-corrected chi connectivity index (χ0v) is 15.1. The van der Waals surface area contributed by atoms with Crippen LogP contribution in [-0.2, 0) is 4.74 Å². The fraction of sp³-hybridized carbons (Fsp3) is 0.706. The molecule has 1 aliphatic carbocycles. The summed E-state index contributed by atoms with van der Waals surface area (Å²) in [4.78, 5) is 20.0. The minimum Gasteiger partial charge on any atom is -0.474 e. The van der Waals surface area contributed by atoms with Crippen molar-refractivity contribution in [3.63, 3.8) is 0 Å². The van der Waals surface area contributed by atoms with Crippen molar-refractivity contribution in [3.8, 4) is 5.88 Å². The Labute approximate surface area is 148 Å². The molecule has 0 aromatic carbocycles. The number of hydrogen-bond acceptors (Lipinski definition) is 7. The number of hydrogen-bond donors (Lipinski definition) is 3. The number of aromatic nitrogens is 2. The molecule has 1 aliphatic rings. The molecule has 25 heavy (non-hydrogen) atoms. The second-order valence-electron chi connectivity index (χ2n) is 7.13. The van der Waals surface area contributed by atoms with Crippen molar-refractivity contribution in [1.29, 1.82) is 0 Å². The zero-order chi connectivity index (χ0) is 18.3. The Hall–Kier alpha value is -2.09. The summed E-state index contributed by atoms with van der Waals surface area (Å²) in [6, 6.07) is 1.84. The summed E-state index contributed by atoms with van der Waals surface area (Å²) >= 11 is 0. The van der Waals surface area contributed by atoms with E-state index in [0.29, 0.717) is 18.2 Å². The molecule has 0 radical (unpaired) electrons. The average Bonchev–Trinajstić information content (AvgIpc) is 2.53. The van der Waals surface area contributed by atoms with Crippen LogP contribution in [0.3, 0.4) is 0 Å². The summed E-state index contributed by atoms with van der Waals surface area (Å²) in [6.07, 6.45) is 4.48. The van der Waals surface area contributed by atoms with Gasteiger partial charge in [0, 0.05) is 18.7 Å². The molecule has 2 rings (SSSR count). The lowest BCUT2D eigenvalue weighted by atomic mass is 9.93. The van der Waals surface area contributed by atoms with Crippen molar-refractivity contribution in [1.82, 2.24) is 15.3 Å². The standard InChI is InChI=1S/C17H28N4O4/c1-17(2,3)25-16(23)21-12-4-6-13(7-5-12)24-15-10-14(18-8-9-22)19-11-20-15/h10-13,22H,4-9H2,1-3H3,(H,21,23)(H,18,19,20). The first kappa shape index (κ1) is 19.2. The SMILES string of the molecule is CC(C)(C)OC(=O)NC1CCC(Oc2cc(NCCO)ncn2)CC1. The normalized spacial score (nSPS) is 20.6. The molecule has 0 spiro atoms. The van der Waals surface area contributed by atoms with Crippen LogP contribution in [0.1, 0.15) is 46.5 Å². The molecule has 1 aromatic heterocycles. The third-order valence-corrected chi connectivity index (χ3v) is 3.74. The number of carbonyl (C=O) groups is 1. The lowest BCUT2D eigenvalue weighted by Crippen LogP contribution is -2.42. The molecule has 0 atom stereocenters. The maximum absolute atomic E-state index is 11.8. The highest BCUT2D eigenvalue weighted by Crippen LogP contribution is 2.24. The molecule has 8 nitrogen and oxygen atoms in total. The van der Waals surface area contributed by atoms with Gasteiger partial charge in [-0.15, -0.1) is 0 Å². The van der Waals surface area contributed by atoms with Gasteiger partial charge in [0.1, 0.15) is 23.9 Å². The smallest absolute Gasteiger partial charge is 0.407 e. The van der Waals surface area contributed by atoms with E-state index in [9.17, 15) is 4.79 Å². The minimum absolute atomic E-state index is 0.0366. The van der Waals surface area contributed by atoms with E-state index in [1.807, 2.05) is 20.8 Å². The summed E-state index contributed by atoms with van der Waals surface area (Å²) in [5.41, 5.74) is -0.487. The van der Waals surface area contributed by atoms with E-state index in [4.69, 9.17) is 14.6 Å². The Morgan fingerprint density at radius 1 is 1.28 bits per heavy atom. The largest absolute Gasteiger partial charge is 0.474 e. The molecule has 1 saturated carbocycles. The Balaban J connectivity index is 1.76. The summed E-state index contributed by atoms with van der Waals surface area (Å²) < 4.78 is 11.2. The third-order valence-electron chi connectivity index (χ3n) is 3.74. The van der Waals surface area contributed by atoms with Crippen molar-refractivity contribution in [2.75, 3.05) is 18.5 Å². The highest BCUT2D eigenvalue weighted by molar-refractivity contribution is 5.68. The number of anilines is 1. The van der Waals surface area contributed by atoms with Crippen molar-refractivity contribution >= 4 is 11.9 Å². The van der Waals surface area contributed by atoms with E-state index in [-0.39, 0.29) is 24.8 Å². The Bertz CT molecular complexity index is 554. The molecule has 3 N–H and O–H groups in total. The third kappa shape index (κ3) is 7.13. The van der Waals surface area contributed by atoms with Crippen LogP contribution >= 0.6 is 0 Å². The topological polar surface area (TPSA) is 106 Å². The van der Waals surface area contributed by atoms with Gasteiger partial charge in [0.05, 0.1) is 6.61 Å². The highest BCUT2D eigenvalue weighted by Gasteiger charge is 2.25. The van der Waals surface area contributed by atoms with E-state index >= 15 is 0 Å². The minimum atomic E-state index is -0.487. The van der Waals surface area contributed by atoms with E-state index < -0.39 is 5.60 Å². The van der Waals surface area contributed by atoms with Crippen molar-refractivity contribution in [2.24, 2.45) is 0 Å². The van der Waals surface area contributed by atoms with Gasteiger partial charge in [-0.2, -0.15) is 0 Å². The maximum Gasteiger partial charge on any atom is 0.407 e. The number of ether oxygens (including phenoxy) is 2. The van der Waals surface area contributed by atoms with Gasteiger partial charge in [0.25, 0.3) is 0 Å². The summed E-state index contributed by atoms with van der Waals surface area (Å²) in [5.74, 6) is 1.14. The fourth-order valence-electron chi connectivity index (χ4n) is 2.65. The van der Waals surface area contributed by atoms with Crippen LogP contribution in [0.4, 0.5) is 10.6 Å². The lowest BCUT2D eigenvalue weighted by Gasteiger charge is -2.30. The van der Waals surface area contributed by atoms with Gasteiger partial charge in [0.2, 0.25) is 5.88 Å². The van der Waals surface area contributed by atoms with Gasteiger partial charge in [-0.05, 0) is 46.5 Å². The predicted octanol–water partition coefficient (Wildman–Crippen LogP) is 2.10. The maximum atomic E-state index is 11.8. The van der Waals surface area contributed by atoms with Crippen LogP contribution in [0, 0.1) is 0 Å². The number of nitrogens with one attached hydrogen (secondary N) is 2. The van der Waals surface area contributed by atoms with Crippen LogP contribution in [0.2, 0.25) is 0 Å². The monoisotopic (exact) mass is 352 g/mol. The predicted molar refractivity (Wildman–Crippen MR) is 93.6 cm³/mol. The van der Waals surface area contributed by atoms with Crippen LogP contribution in [0.25, 0.3) is 0 Å². The molecule has 1 aromatic rings. The second-order valence-corrected chi connectivity index (χ2v) is 7.13. The van der Waals surface area contributed by atoms with Crippen molar-refractivity contribution in [2.45, 2.75) is 64.2 Å². The number of amides is 1. The average molecular weight is 352 g/mol. The van der Waals surface area contributed by atoms with Gasteiger partial charge in [-0.1, -0.05) is 0 Å². The quantitative estimate of drug-likeness (QED) is 0.720. The van der Waals surface area contributed by atoms with E-state index in [1.165, 1.54) is 6.33 Å². The van der Waals surface area contributed by atoms with Crippen LogP contribution < -0.4 is 15.4 Å². The first-order valence-electron chi connectivity index (χ1n) is 8.68. The molecule has 0 aliphatic heterocycles. The van der Waals surface area contributed by atoms with Crippen LogP contribution in [0.5, 0.6) is 5.88 Å². The summed E-state index contributed by atoms with van der Waals surface area (Å²) in [7, 11) is 0. The van der Waals surface area contributed by atoms with E-state index in [2.05, 4.69) is 20.6 Å². The lowest BCUT2D eigenvalue weighted by molar-refractivity contribution is 0.0469. The molecule has 0 unspecified atom stereocenters. The second kappa shape index (κ2) is 8.84. The molecular formula is C17H28N4O4. The number of aliphatic hydroxyl groups is 1. The molecule has 140 valence electrons. The van der Waals surface area contributed by atoms with Gasteiger partial charge in [0.15, 0.2) is 0 Å². The Morgan fingerprint density at radius 3 is 2.64 bits per heavy atom. The van der Waals surface area contributed by atoms with Gasteiger partial charge < -0.3 is 25.2 Å². The van der Waals surface area contributed by atoms with Crippen LogP contribution in [-0.4, -0.2) is 52.1 Å². The number of carbonyl (C=O) groups excluding carboxylic acids is 1. The van der Waals surface area contributed by atoms with Crippen LogP contribution in [0.15, 0.2) is 12.4 Å². The first-order chi connectivity index (χ1) is 11.9. The van der Waals surface area contributed by atoms with Crippen molar-refractivity contribution < 1.29 is 19.4 Å². The Kier molecular flexibility index (Phi) is 6.81. The number of alkyl carbamates (subject to hydrolysis) is 1. The molecule has 0 bridgehead atoms. The molecular weight excluding hydrogens is 324 g/mol. The number of aliphatic hydroxyl groups excluding tert-OH is 1. The Morgan fingerprint density at radius 2 is 2.00 bits per heavy atom. The van der Waals surface area contributed by atoms with Gasteiger partial charge >= 0.3 is 6.09 Å². The number of nitrogens with zero attached hydrogens (tertiary/aromatic N) is 2. The van der Waals surface area contributed by atoms with Gasteiger partial charge in [-0.25, -0.2) is 14.8 Å². The van der Waals surface area contributed by atoms with E-state index in [0.717, 1.165) is 25.7 Å². The summed E-state index contributed by atoms with van der Waals surface area (Å²) in [6.45, 7) is 6.01. The zero-order valence-electron chi connectivity index (χ0n) is 15.1. The fourth-order valence-corrected chi connectivity index (χ4v) is 2.65. The molecule has 0 saturated heterocycles. The summed E-state index contributed by atoms with van der Waals surface area (Å²) in [5, 5.41) is 14.7. The van der Waals surface area contributed by atoms with Crippen molar-refractivity contribution in [3.05, 3.63) is 12.4 Å². The highest BCUT2D eigenvalue weighted by atomic mass is 16.6.